The maximum Gasteiger partial charge on any atom is 0.231 e. The van der Waals surface area contributed by atoms with Gasteiger partial charge in [0, 0.05) is 29.7 Å². The van der Waals surface area contributed by atoms with E-state index in [-0.39, 0.29) is 6.79 Å². The molecule has 9 heteroatoms. The van der Waals surface area contributed by atoms with Crippen LogP contribution in [0.25, 0.3) is 10.6 Å². The van der Waals surface area contributed by atoms with E-state index in [1.165, 1.54) is 0 Å². The average Bonchev–Trinajstić information content (AvgIpc) is 3.59. The predicted octanol–water partition coefficient (Wildman–Crippen LogP) is 5.21. The van der Waals surface area contributed by atoms with Gasteiger partial charge < -0.3 is 18.8 Å². The number of rotatable bonds is 9. The van der Waals surface area contributed by atoms with E-state index in [1.54, 1.807) is 30.2 Å². The Labute approximate surface area is 200 Å². The number of methoxy groups -OCH3 is 1. The molecule has 0 saturated heterocycles. The Morgan fingerprint density at radius 1 is 1.15 bits per heavy atom. The van der Waals surface area contributed by atoms with Gasteiger partial charge in [-0.1, -0.05) is 30.0 Å². The Bertz CT molecular complexity index is 1270. The van der Waals surface area contributed by atoms with E-state index in [0.717, 1.165) is 50.1 Å². The number of benzene rings is 2. The number of hydrogen-bond donors (Lipinski definition) is 0. The van der Waals surface area contributed by atoms with E-state index < -0.39 is 0 Å². The standard InChI is InChI=1S/C24H22N4O3S2/c1-3-10-28-22(11-16-4-7-19(29-2)8-5-16)26-27-24(28)33-14-18-13-32-23(25-18)17-6-9-20-21(12-17)31-15-30-20/h3-9,12-13H,1,10-11,14-15H2,2H3. The molecule has 0 aliphatic carbocycles. The van der Waals surface area contributed by atoms with E-state index in [9.17, 15) is 0 Å². The van der Waals surface area contributed by atoms with Gasteiger partial charge in [0.05, 0.1) is 12.8 Å². The second-order valence-electron chi connectivity index (χ2n) is 7.32. The maximum atomic E-state index is 5.48. The fourth-order valence-corrected chi connectivity index (χ4v) is 5.25. The van der Waals surface area contributed by atoms with Crippen molar-refractivity contribution >= 4 is 23.1 Å². The molecule has 168 valence electrons. The highest BCUT2D eigenvalue weighted by Gasteiger charge is 2.16. The first kappa shape index (κ1) is 21.5. The minimum atomic E-state index is 0.268. The highest BCUT2D eigenvalue weighted by atomic mass is 32.2. The van der Waals surface area contributed by atoms with Crippen molar-refractivity contribution < 1.29 is 14.2 Å². The summed E-state index contributed by atoms with van der Waals surface area (Å²) in [6.07, 6.45) is 2.56. The van der Waals surface area contributed by atoms with Gasteiger partial charge in [0.2, 0.25) is 6.79 Å². The third-order valence-electron chi connectivity index (χ3n) is 5.15. The molecule has 33 heavy (non-hydrogen) atoms. The summed E-state index contributed by atoms with van der Waals surface area (Å²) in [4.78, 5) is 4.80. The second kappa shape index (κ2) is 9.68. The molecule has 3 heterocycles. The van der Waals surface area contributed by atoms with Gasteiger partial charge in [0.1, 0.15) is 16.6 Å². The summed E-state index contributed by atoms with van der Waals surface area (Å²) in [5.74, 6) is 3.99. The van der Waals surface area contributed by atoms with Gasteiger partial charge in [0.25, 0.3) is 0 Å². The minimum Gasteiger partial charge on any atom is -0.497 e. The van der Waals surface area contributed by atoms with Crippen molar-refractivity contribution in [2.45, 2.75) is 23.9 Å². The molecule has 0 fully saturated rings. The molecule has 0 unspecified atom stereocenters. The zero-order valence-corrected chi connectivity index (χ0v) is 19.7. The van der Waals surface area contributed by atoms with Crippen molar-refractivity contribution in [3.8, 4) is 27.8 Å². The Hall–Kier alpha value is -3.30. The third kappa shape index (κ3) is 4.74. The predicted molar refractivity (Wildman–Crippen MR) is 129 cm³/mol. The topological polar surface area (TPSA) is 71.3 Å². The summed E-state index contributed by atoms with van der Waals surface area (Å²) in [6.45, 7) is 4.82. The van der Waals surface area contributed by atoms with E-state index in [4.69, 9.17) is 19.2 Å². The fourth-order valence-electron chi connectivity index (χ4n) is 3.47. The molecular weight excluding hydrogens is 456 g/mol. The van der Waals surface area contributed by atoms with Gasteiger partial charge in [-0.15, -0.1) is 28.1 Å². The summed E-state index contributed by atoms with van der Waals surface area (Å²) in [7, 11) is 1.67. The molecule has 0 amide bonds. The van der Waals surface area contributed by atoms with Crippen molar-refractivity contribution in [3.63, 3.8) is 0 Å². The van der Waals surface area contributed by atoms with Crippen molar-refractivity contribution in [1.29, 1.82) is 0 Å². The maximum absolute atomic E-state index is 5.48. The largest absolute Gasteiger partial charge is 0.497 e. The SMILES string of the molecule is C=CCn1c(Cc2ccc(OC)cc2)nnc1SCc1csc(-c2ccc3c(c2)OCO3)n1. The summed E-state index contributed by atoms with van der Waals surface area (Å²) < 4.78 is 18.2. The smallest absolute Gasteiger partial charge is 0.231 e. The molecule has 0 saturated carbocycles. The van der Waals surface area contributed by atoms with Crippen LogP contribution in [0.4, 0.5) is 0 Å². The lowest BCUT2D eigenvalue weighted by Gasteiger charge is -2.08. The van der Waals surface area contributed by atoms with Gasteiger partial charge in [-0.3, -0.25) is 0 Å². The average molecular weight is 479 g/mol. The zero-order chi connectivity index (χ0) is 22.6. The summed E-state index contributed by atoms with van der Waals surface area (Å²) in [5.41, 5.74) is 3.18. The van der Waals surface area contributed by atoms with E-state index in [1.807, 2.05) is 48.5 Å². The first-order valence-electron chi connectivity index (χ1n) is 10.4. The molecule has 1 aliphatic rings. The Morgan fingerprint density at radius 3 is 2.82 bits per heavy atom. The fraction of sp³-hybridized carbons (Fsp3) is 0.208. The second-order valence-corrected chi connectivity index (χ2v) is 9.12. The lowest BCUT2D eigenvalue weighted by molar-refractivity contribution is 0.174. The highest BCUT2D eigenvalue weighted by molar-refractivity contribution is 7.98. The number of fused-ring (bicyclic) bond motifs is 1. The quantitative estimate of drug-likeness (QED) is 0.242. The zero-order valence-electron chi connectivity index (χ0n) is 18.1. The molecule has 0 N–H and O–H groups in total. The molecule has 1 aliphatic heterocycles. The van der Waals surface area contributed by atoms with Crippen molar-refractivity contribution in [3.05, 3.63) is 77.6 Å². The number of hydrogen-bond acceptors (Lipinski definition) is 8. The molecule has 2 aromatic heterocycles. The third-order valence-corrected chi connectivity index (χ3v) is 7.09. The normalized spacial score (nSPS) is 12.2. The molecule has 7 nitrogen and oxygen atoms in total. The van der Waals surface area contributed by atoms with Crippen LogP contribution in [0.5, 0.6) is 17.2 Å². The van der Waals surface area contributed by atoms with Crippen LogP contribution in [0.3, 0.4) is 0 Å². The van der Waals surface area contributed by atoms with Gasteiger partial charge in [-0.25, -0.2) is 4.98 Å². The molecule has 2 aromatic carbocycles. The molecular formula is C24H22N4O3S2. The first-order chi connectivity index (χ1) is 16.2. The van der Waals surface area contributed by atoms with Crippen molar-refractivity contribution in [1.82, 2.24) is 19.7 Å². The van der Waals surface area contributed by atoms with Gasteiger partial charge in [-0.2, -0.15) is 0 Å². The van der Waals surface area contributed by atoms with Crippen LogP contribution in [-0.4, -0.2) is 33.7 Å². The van der Waals surface area contributed by atoms with Crippen LogP contribution in [0.2, 0.25) is 0 Å². The number of allylic oxidation sites excluding steroid dienone is 1. The lowest BCUT2D eigenvalue weighted by Crippen LogP contribution is -2.05. The first-order valence-corrected chi connectivity index (χ1v) is 12.2. The van der Waals surface area contributed by atoms with E-state index in [0.29, 0.717) is 18.7 Å². The number of thiazole rings is 1. The van der Waals surface area contributed by atoms with E-state index in [2.05, 4.69) is 26.7 Å². The summed E-state index contributed by atoms with van der Waals surface area (Å²) in [5, 5.41) is 12.8. The van der Waals surface area contributed by atoms with Crippen LogP contribution in [0.15, 0.2) is 65.7 Å². The minimum absolute atomic E-state index is 0.268. The molecule has 0 atom stereocenters. The molecule has 4 aromatic rings. The molecule has 0 spiro atoms. The number of aromatic nitrogens is 4. The molecule has 5 rings (SSSR count). The Balaban J connectivity index is 1.28. The lowest BCUT2D eigenvalue weighted by atomic mass is 10.1. The molecule has 0 bridgehead atoms. The summed E-state index contributed by atoms with van der Waals surface area (Å²) in [6, 6.07) is 13.9. The highest BCUT2D eigenvalue weighted by Crippen LogP contribution is 2.37. The Kier molecular flexibility index (Phi) is 6.32. The number of ether oxygens (including phenoxy) is 3. The monoisotopic (exact) mass is 478 g/mol. The number of nitrogens with zero attached hydrogens (tertiary/aromatic N) is 4. The van der Waals surface area contributed by atoms with Crippen molar-refractivity contribution in [2.75, 3.05) is 13.9 Å². The van der Waals surface area contributed by atoms with Crippen LogP contribution < -0.4 is 14.2 Å². The Morgan fingerprint density at radius 2 is 2.00 bits per heavy atom. The van der Waals surface area contributed by atoms with Crippen LogP contribution >= 0.6 is 23.1 Å². The van der Waals surface area contributed by atoms with Crippen LogP contribution in [-0.2, 0) is 18.7 Å². The van der Waals surface area contributed by atoms with E-state index >= 15 is 0 Å². The van der Waals surface area contributed by atoms with Gasteiger partial charge >= 0.3 is 0 Å². The summed E-state index contributed by atoms with van der Waals surface area (Å²) >= 11 is 3.24. The van der Waals surface area contributed by atoms with Crippen molar-refractivity contribution in [2.24, 2.45) is 0 Å². The van der Waals surface area contributed by atoms with Gasteiger partial charge in [-0.05, 0) is 35.9 Å². The van der Waals surface area contributed by atoms with Crippen LogP contribution in [0.1, 0.15) is 17.1 Å². The van der Waals surface area contributed by atoms with Crippen LogP contribution in [0, 0.1) is 0 Å². The molecule has 0 radical (unpaired) electrons. The number of thioether (sulfide) groups is 1. The van der Waals surface area contributed by atoms with Gasteiger partial charge in [0.15, 0.2) is 16.7 Å².